The Morgan fingerprint density at radius 3 is 2.43 bits per heavy atom. The molecule has 0 N–H and O–H groups in total. The first-order valence-electron chi connectivity index (χ1n) is 6.45. The maximum absolute atomic E-state index is 12.4. The molecule has 0 saturated heterocycles. The van der Waals surface area contributed by atoms with Gasteiger partial charge in [-0.2, -0.15) is 0 Å². The highest BCUT2D eigenvalue weighted by Gasteiger charge is 2.26. The predicted molar refractivity (Wildman–Crippen MR) is 80.8 cm³/mol. The molecule has 6 nitrogen and oxygen atoms in total. The summed E-state index contributed by atoms with van der Waals surface area (Å²) in [5.41, 5.74) is -0.257. The molecule has 1 aromatic carbocycles. The Bertz CT molecular complexity index is 615. The molecular formula is C13H18ClNO5S. The van der Waals surface area contributed by atoms with Gasteiger partial charge >= 0.3 is 5.69 Å². The number of ether oxygens (including phenoxy) is 1. The van der Waals surface area contributed by atoms with Gasteiger partial charge in [0, 0.05) is 18.0 Å². The number of nitro groups is 1. The number of nitro benzene ring substituents is 1. The topological polar surface area (TPSA) is 86.5 Å². The molecule has 0 aliphatic heterocycles. The lowest BCUT2D eigenvalue weighted by Gasteiger charge is -2.14. The summed E-state index contributed by atoms with van der Waals surface area (Å²) in [5, 5.41) is 10.3. The number of rotatable bonds is 7. The Hall–Kier alpha value is -1.34. The van der Waals surface area contributed by atoms with Crippen LogP contribution in [0.5, 0.6) is 5.75 Å². The van der Waals surface area contributed by atoms with Crippen molar-refractivity contribution in [1.82, 2.24) is 0 Å². The molecule has 0 aliphatic carbocycles. The zero-order chi connectivity index (χ0) is 16.2. The molecule has 0 spiro atoms. The van der Waals surface area contributed by atoms with Crippen molar-refractivity contribution in [2.45, 2.75) is 43.4 Å². The summed E-state index contributed by atoms with van der Waals surface area (Å²) in [5.74, 6) is 0.178. The molecule has 1 aromatic rings. The highest BCUT2D eigenvalue weighted by atomic mass is 35.5. The molecule has 1 rings (SSSR count). The number of hydrogen-bond donors (Lipinski definition) is 0. The second-order valence-electron chi connectivity index (χ2n) is 4.89. The summed E-state index contributed by atoms with van der Waals surface area (Å²) < 4.78 is 30.1. The van der Waals surface area contributed by atoms with Gasteiger partial charge in [-0.1, -0.05) is 0 Å². The standard InChI is InChI=1S/C13H18ClNO5S/c1-9(2)20-13-8-11(4-5-12(13)15(16)17)21(18,19)10(3)6-7-14/h4-5,8-10H,6-7H2,1-3H3. The number of halogens is 1. The monoisotopic (exact) mass is 335 g/mol. The first kappa shape index (κ1) is 17.7. The van der Waals surface area contributed by atoms with E-state index in [1.54, 1.807) is 20.8 Å². The minimum absolute atomic E-state index is 0.00127. The van der Waals surface area contributed by atoms with E-state index < -0.39 is 20.0 Å². The van der Waals surface area contributed by atoms with Gasteiger partial charge in [0.15, 0.2) is 15.6 Å². The number of sulfone groups is 1. The first-order chi connectivity index (χ1) is 9.70. The van der Waals surface area contributed by atoms with Crippen LogP contribution in [0.1, 0.15) is 27.2 Å². The summed E-state index contributed by atoms with van der Waals surface area (Å²) in [7, 11) is -3.59. The third kappa shape index (κ3) is 4.31. The molecule has 0 heterocycles. The second-order valence-corrected chi connectivity index (χ2v) is 7.63. The molecule has 0 bridgehead atoms. The molecule has 8 heteroatoms. The SMILES string of the molecule is CC(C)Oc1cc(S(=O)(=O)C(C)CCCl)ccc1[N+](=O)[O-]. The Morgan fingerprint density at radius 1 is 1.33 bits per heavy atom. The molecule has 0 aromatic heterocycles. The van der Waals surface area contributed by atoms with Gasteiger partial charge in [-0.3, -0.25) is 10.1 Å². The van der Waals surface area contributed by atoms with E-state index in [9.17, 15) is 18.5 Å². The van der Waals surface area contributed by atoms with E-state index in [1.807, 2.05) is 0 Å². The first-order valence-corrected chi connectivity index (χ1v) is 8.53. The molecule has 1 unspecified atom stereocenters. The van der Waals surface area contributed by atoms with Crippen molar-refractivity contribution in [3.63, 3.8) is 0 Å². The fourth-order valence-electron chi connectivity index (χ4n) is 1.71. The fraction of sp³-hybridized carbons (Fsp3) is 0.538. The minimum Gasteiger partial charge on any atom is -0.484 e. The molecule has 0 saturated carbocycles. The van der Waals surface area contributed by atoms with Crippen LogP contribution in [-0.4, -0.2) is 30.6 Å². The van der Waals surface area contributed by atoms with Crippen molar-refractivity contribution in [2.75, 3.05) is 5.88 Å². The van der Waals surface area contributed by atoms with E-state index in [1.165, 1.54) is 12.1 Å². The van der Waals surface area contributed by atoms with Crippen LogP contribution in [0.15, 0.2) is 23.1 Å². The van der Waals surface area contributed by atoms with Crippen LogP contribution in [0, 0.1) is 10.1 Å². The normalized spacial score (nSPS) is 13.2. The zero-order valence-corrected chi connectivity index (χ0v) is 13.6. The van der Waals surface area contributed by atoms with Crippen LogP contribution < -0.4 is 4.74 Å². The number of alkyl halides is 1. The van der Waals surface area contributed by atoms with E-state index in [2.05, 4.69) is 0 Å². The molecule has 1 atom stereocenters. The van der Waals surface area contributed by atoms with Gasteiger partial charge in [0.25, 0.3) is 0 Å². The quantitative estimate of drug-likeness (QED) is 0.434. The van der Waals surface area contributed by atoms with Gasteiger partial charge in [-0.05, 0) is 33.3 Å². The van der Waals surface area contributed by atoms with Crippen molar-refractivity contribution in [3.05, 3.63) is 28.3 Å². The molecule has 118 valence electrons. The van der Waals surface area contributed by atoms with Crippen molar-refractivity contribution in [3.8, 4) is 5.75 Å². The van der Waals surface area contributed by atoms with E-state index in [0.717, 1.165) is 6.07 Å². The summed E-state index contributed by atoms with van der Waals surface area (Å²) in [6, 6.07) is 3.58. The lowest BCUT2D eigenvalue weighted by molar-refractivity contribution is -0.386. The zero-order valence-electron chi connectivity index (χ0n) is 12.1. The largest absolute Gasteiger partial charge is 0.484 e. The van der Waals surface area contributed by atoms with Crippen LogP contribution in [0.3, 0.4) is 0 Å². The molecule has 0 amide bonds. The van der Waals surface area contributed by atoms with Gasteiger partial charge in [0.1, 0.15) is 0 Å². The molecule has 21 heavy (non-hydrogen) atoms. The van der Waals surface area contributed by atoms with Crippen molar-refractivity contribution < 1.29 is 18.1 Å². The molecule has 0 aliphatic rings. The molecular weight excluding hydrogens is 318 g/mol. The van der Waals surface area contributed by atoms with Crippen LogP contribution in [0.2, 0.25) is 0 Å². The summed E-state index contributed by atoms with van der Waals surface area (Å²) >= 11 is 5.58. The van der Waals surface area contributed by atoms with Gasteiger partial charge in [-0.25, -0.2) is 8.42 Å². The summed E-state index contributed by atoms with van der Waals surface area (Å²) in [6.07, 6.45) is 0.00301. The Kier molecular flexibility index (Phi) is 5.98. The van der Waals surface area contributed by atoms with Crippen LogP contribution in [0.4, 0.5) is 5.69 Å². The second kappa shape index (κ2) is 7.09. The van der Waals surface area contributed by atoms with E-state index >= 15 is 0 Å². The Balaban J connectivity index is 3.30. The van der Waals surface area contributed by atoms with Gasteiger partial charge in [-0.15, -0.1) is 11.6 Å². The Morgan fingerprint density at radius 2 is 1.95 bits per heavy atom. The van der Waals surface area contributed by atoms with Crippen molar-refractivity contribution in [1.29, 1.82) is 0 Å². The number of nitrogens with zero attached hydrogens (tertiary/aromatic N) is 1. The lowest BCUT2D eigenvalue weighted by Crippen LogP contribution is -2.19. The molecule has 0 radical (unpaired) electrons. The van der Waals surface area contributed by atoms with Gasteiger partial charge in [0.2, 0.25) is 0 Å². The fourth-order valence-corrected chi connectivity index (χ4v) is 3.59. The van der Waals surface area contributed by atoms with Crippen molar-refractivity contribution >= 4 is 27.1 Å². The summed E-state index contributed by atoms with van der Waals surface area (Å²) in [6.45, 7) is 4.98. The third-order valence-electron chi connectivity index (χ3n) is 2.86. The van der Waals surface area contributed by atoms with Gasteiger partial charge < -0.3 is 4.74 Å². The average Bonchev–Trinajstić information content (AvgIpc) is 2.37. The third-order valence-corrected chi connectivity index (χ3v) is 5.29. The van der Waals surface area contributed by atoms with E-state index in [-0.39, 0.29) is 28.3 Å². The van der Waals surface area contributed by atoms with Crippen LogP contribution in [0.25, 0.3) is 0 Å². The smallest absolute Gasteiger partial charge is 0.311 e. The van der Waals surface area contributed by atoms with E-state index in [0.29, 0.717) is 6.42 Å². The van der Waals surface area contributed by atoms with Crippen LogP contribution in [-0.2, 0) is 9.84 Å². The van der Waals surface area contributed by atoms with E-state index in [4.69, 9.17) is 16.3 Å². The average molecular weight is 336 g/mol. The Labute approximate surface area is 129 Å². The maximum atomic E-state index is 12.4. The molecule has 0 fully saturated rings. The lowest BCUT2D eigenvalue weighted by atomic mass is 10.3. The number of benzene rings is 1. The predicted octanol–water partition coefficient (Wildman–Crippen LogP) is 3.17. The van der Waals surface area contributed by atoms with Crippen molar-refractivity contribution in [2.24, 2.45) is 0 Å². The van der Waals surface area contributed by atoms with Gasteiger partial charge in [0.05, 0.1) is 21.2 Å². The number of hydrogen-bond acceptors (Lipinski definition) is 5. The highest BCUT2D eigenvalue weighted by Crippen LogP contribution is 2.32. The summed E-state index contributed by atoms with van der Waals surface area (Å²) in [4.78, 5) is 10.4. The maximum Gasteiger partial charge on any atom is 0.311 e. The highest BCUT2D eigenvalue weighted by molar-refractivity contribution is 7.92. The van der Waals surface area contributed by atoms with Crippen LogP contribution >= 0.6 is 11.6 Å². The minimum atomic E-state index is -3.59.